The number of fused-ring (bicyclic) bond motifs is 1. The molecule has 1 aromatic heterocycles. The van der Waals surface area contributed by atoms with Crippen molar-refractivity contribution in [1.82, 2.24) is 4.98 Å². The van der Waals surface area contributed by atoms with E-state index in [1.54, 1.807) is 0 Å². The van der Waals surface area contributed by atoms with Gasteiger partial charge in [0.2, 0.25) is 0 Å². The summed E-state index contributed by atoms with van der Waals surface area (Å²) in [7, 11) is 0. The van der Waals surface area contributed by atoms with Crippen molar-refractivity contribution in [3.8, 4) is 0 Å². The number of benzene rings is 1. The van der Waals surface area contributed by atoms with Crippen molar-refractivity contribution in [2.75, 3.05) is 6.54 Å². The topological polar surface area (TPSA) is 41.8 Å². The molecule has 2 nitrogen and oxygen atoms in total. The molecule has 0 aliphatic rings. The second-order valence-corrected chi connectivity index (χ2v) is 4.43. The summed E-state index contributed by atoms with van der Waals surface area (Å²) in [6.45, 7) is 0.653. The summed E-state index contributed by atoms with van der Waals surface area (Å²) < 4.78 is 0.910. The van der Waals surface area contributed by atoms with E-state index in [0.29, 0.717) is 6.54 Å². The van der Waals surface area contributed by atoms with Crippen LogP contribution >= 0.6 is 27.5 Å². The Bertz CT molecular complexity index is 464. The van der Waals surface area contributed by atoms with Gasteiger partial charge in [-0.25, -0.2) is 0 Å². The Balaban J connectivity index is 2.61. The maximum atomic E-state index is 6.02. The van der Waals surface area contributed by atoms with Crippen molar-refractivity contribution in [2.24, 2.45) is 5.73 Å². The van der Waals surface area contributed by atoms with Gasteiger partial charge in [-0.2, -0.15) is 0 Å². The van der Waals surface area contributed by atoms with Crippen LogP contribution in [-0.2, 0) is 6.42 Å². The third kappa shape index (κ3) is 1.67. The van der Waals surface area contributed by atoms with Crippen LogP contribution in [0, 0.1) is 0 Å². The fourth-order valence-electron chi connectivity index (χ4n) is 1.54. The number of rotatable bonds is 2. The van der Waals surface area contributed by atoms with Gasteiger partial charge in [0, 0.05) is 21.6 Å². The average Bonchev–Trinajstić information content (AvgIpc) is 2.51. The number of hydrogen-bond donors (Lipinski definition) is 2. The Morgan fingerprint density at radius 3 is 2.93 bits per heavy atom. The summed E-state index contributed by atoms with van der Waals surface area (Å²) >= 11 is 9.41. The maximum absolute atomic E-state index is 6.02. The van der Waals surface area contributed by atoms with E-state index >= 15 is 0 Å². The summed E-state index contributed by atoms with van der Waals surface area (Å²) in [5.41, 5.74) is 7.83. The van der Waals surface area contributed by atoms with Crippen LogP contribution in [0.1, 0.15) is 5.56 Å². The average molecular weight is 274 g/mol. The molecule has 2 aromatic rings. The highest BCUT2D eigenvalue weighted by Crippen LogP contribution is 2.29. The summed E-state index contributed by atoms with van der Waals surface area (Å²) in [6, 6.07) is 3.94. The van der Waals surface area contributed by atoms with Gasteiger partial charge in [-0.3, -0.25) is 0 Å². The summed E-state index contributed by atoms with van der Waals surface area (Å²) in [4.78, 5) is 3.20. The summed E-state index contributed by atoms with van der Waals surface area (Å²) in [6.07, 6.45) is 2.86. The minimum absolute atomic E-state index is 0.653. The van der Waals surface area contributed by atoms with Crippen LogP contribution in [0.2, 0.25) is 5.02 Å². The molecule has 14 heavy (non-hydrogen) atoms. The minimum Gasteiger partial charge on any atom is -0.361 e. The fraction of sp³-hybridized carbons (Fsp3) is 0.200. The van der Waals surface area contributed by atoms with Gasteiger partial charge in [-0.15, -0.1) is 0 Å². The largest absolute Gasteiger partial charge is 0.361 e. The molecular formula is C10H10BrClN2. The molecule has 0 amide bonds. The highest BCUT2D eigenvalue weighted by atomic mass is 79.9. The molecular weight excluding hydrogens is 263 g/mol. The van der Waals surface area contributed by atoms with Crippen molar-refractivity contribution < 1.29 is 0 Å². The third-order valence-electron chi connectivity index (χ3n) is 2.22. The first-order valence-electron chi connectivity index (χ1n) is 4.37. The molecule has 2 rings (SSSR count). The zero-order valence-corrected chi connectivity index (χ0v) is 9.82. The highest BCUT2D eigenvalue weighted by molar-refractivity contribution is 9.10. The molecule has 1 aromatic carbocycles. The van der Waals surface area contributed by atoms with E-state index in [9.17, 15) is 0 Å². The lowest BCUT2D eigenvalue weighted by molar-refractivity contribution is 0.976. The van der Waals surface area contributed by atoms with Crippen LogP contribution in [0.25, 0.3) is 10.9 Å². The molecule has 0 bridgehead atoms. The Labute approximate surface area is 95.6 Å². The van der Waals surface area contributed by atoms with Gasteiger partial charge in [-0.05, 0) is 46.6 Å². The number of aromatic nitrogens is 1. The molecule has 74 valence electrons. The highest BCUT2D eigenvalue weighted by Gasteiger charge is 2.06. The second-order valence-electron chi connectivity index (χ2n) is 3.16. The molecule has 1 heterocycles. The molecule has 0 saturated heterocycles. The standard InChI is InChI=1S/C10H10BrClN2/c11-8-4-10-7(3-9(8)12)6(1-2-13)5-14-10/h3-5,14H,1-2,13H2. The van der Waals surface area contributed by atoms with Gasteiger partial charge in [-0.1, -0.05) is 11.6 Å². The number of aromatic amines is 1. The Hall–Kier alpha value is -0.510. The van der Waals surface area contributed by atoms with Crippen molar-refractivity contribution in [2.45, 2.75) is 6.42 Å². The quantitative estimate of drug-likeness (QED) is 0.867. The molecule has 4 heteroatoms. The molecule has 0 unspecified atom stereocenters. The van der Waals surface area contributed by atoms with Crippen molar-refractivity contribution in [3.05, 3.63) is 33.4 Å². The lowest BCUT2D eigenvalue weighted by atomic mass is 10.1. The van der Waals surface area contributed by atoms with Gasteiger partial charge < -0.3 is 10.7 Å². The number of nitrogens with one attached hydrogen (secondary N) is 1. The van der Waals surface area contributed by atoms with E-state index in [4.69, 9.17) is 17.3 Å². The predicted molar refractivity (Wildman–Crippen MR) is 63.8 cm³/mol. The van der Waals surface area contributed by atoms with Gasteiger partial charge in [0.25, 0.3) is 0 Å². The lowest BCUT2D eigenvalue weighted by Gasteiger charge is -1.98. The van der Waals surface area contributed by atoms with Crippen molar-refractivity contribution in [3.63, 3.8) is 0 Å². The summed E-state index contributed by atoms with van der Waals surface area (Å²) in [5, 5.41) is 1.89. The zero-order valence-electron chi connectivity index (χ0n) is 7.48. The Morgan fingerprint density at radius 1 is 1.43 bits per heavy atom. The molecule has 0 spiro atoms. The molecule has 0 radical (unpaired) electrons. The van der Waals surface area contributed by atoms with Crippen LogP contribution in [0.3, 0.4) is 0 Å². The van der Waals surface area contributed by atoms with Crippen LogP contribution in [0.5, 0.6) is 0 Å². The molecule has 0 aliphatic heterocycles. The number of nitrogens with two attached hydrogens (primary N) is 1. The van der Waals surface area contributed by atoms with Crippen LogP contribution in [-0.4, -0.2) is 11.5 Å². The predicted octanol–water partition coefficient (Wildman–Crippen LogP) is 3.09. The maximum Gasteiger partial charge on any atom is 0.0555 e. The first kappa shape index (κ1) is 10.0. The van der Waals surface area contributed by atoms with Crippen LogP contribution in [0.15, 0.2) is 22.8 Å². The minimum atomic E-state index is 0.653. The van der Waals surface area contributed by atoms with Crippen molar-refractivity contribution >= 4 is 38.4 Å². The lowest BCUT2D eigenvalue weighted by Crippen LogP contribution is -2.01. The fourth-order valence-corrected chi connectivity index (χ4v) is 2.04. The smallest absolute Gasteiger partial charge is 0.0555 e. The zero-order chi connectivity index (χ0) is 10.1. The molecule has 0 fully saturated rings. The Morgan fingerprint density at radius 2 is 2.21 bits per heavy atom. The normalized spacial score (nSPS) is 11.1. The van der Waals surface area contributed by atoms with E-state index in [-0.39, 0.29) is 0 Å². The van der Waals surface area contributed by atoms with E-state index in [1.807, 2.05) is 18.3 Å². The van der Waals surface area contributed by atoms with Gasteiger partial charge in [0.1, 0.15) is 0 Å². The van der Waals surface area contributed by atoms with E-state index in [0.717, 1.165) is 26.8 Å². The third-order valence-corrected chi connectivity index (χ3v) is 3.42. The van der Waals surface area contributed by atoms with Gasteiger partial charge in [0.05, 0.1) is 5.02 Å². The second kappa shape index (κ2) is 3.93. The number of H-pyrrole nitrogens is 1. The van der Waals surface area contributed by atoms with Crippen LogP contribution < -0.4 is 5.73 Å². The SMILES string of the molecule is NCCc1c[nH]c2cc(Br)c(Cl)cc12. The molecule has 0 atom stereocenters. The first-order valence-corrected chi connectivity index (χ1v) is 5.54. The van der Waals surface area contributed by atoms with Crippen LogP contribution in [0.4, 0.5) is 0 Å². The first-order chi connectivity index (χ1) is 6.72. The number of halogens is 2. The molecule has 0 saturated carbocycles. The van der Waals surface area contributed by atoms with Gasteiger partial charge >= 0.3 is 0 Å². The van der Waals surface area contributed by atoms with E-state index < -0.39 is 0 Å². The number of hydrogen-bond acceptors (Lipinski definition) is 1. The summed E-state index contributed by atoms with van der Waals surface area (Å²) in [5.74, 6) is 0. The van der Waals surface area contributed by atoms with E-state index in [1.165, 1.54) is 5.56 Å². The Kier molecular flexibility index (Phi) is 2.81. The van der Waals surface area contributed by atoms with Crippen molar-refractivity contribution in [1.29, 1.82) is 0 Å². The van der Waals surface area contributed by atoms with E-state index in [2.05, 4.69) is 20.9 Å². The van der Waals surface area contributed by atoms with Gasteiger partial charge in [0.15, 0.2) is 0 Å². The monoisotopic (exact) mass is 272 g/mol. The molecule has 0 aliphatic carbocycles. The molecule has 3 N–H and O–H groups in total.